The van der Waals surface area contributed by atoms with Gasteiger partial charge >= 0.3 is 5.97 Å². The molecule has 2 aromatic rings. The van der Waals surface area contributed by atoms with E-state index in [1.54, 1.807) is 19.1 Å². The van der Waals surface area contributed by atoms with Crippen molar-refractivity contribution in [1.29, 1.82) is 0 Å². The third-order valence-electron chi connectivity index (χ3n) is 2.54. The summed E-state index contributed by atoms with van der Waals surface area (Å²) in [5.41, 5.74) is 0.114. The van der Waals surface area contributed by atoms with Crippen molar-refractivity contribution in [2.75, 3.05) is 0 Å². The van der Waals surface area contributed by atoms with E-state index in [4.69, 9.17) is 37.5 Å². The quantitative estimate of drug-likeness (QED) is 0.764. The number of rotatable bonds is 4. The zero-order valence-electron chi connectivity index (χ0n) is 10.2. The second kappa shape index (κ2) is 6.08. The summed E-state index contributed by atoms with van der Waals surface area (Å²) in [6.45, 7) is 1.64. The van der Waals surface area contributed by atoms with Crippen LogP contribution in [-0.4, -0.2) is 11.1 Å². The smallest absolute Gasteiger partial charge is 0.339 e. The minimum atomic E-state index is -1.04. The molecule has 0 bridgehead atoms. The van der Waals surface area contributed by atoms with Crippen molar-refractivity contribution in [3.8, 4) is 5.75 Å². The first-order valence-electron chi connectivity index (χ1n) is 5.48. The van der Waals surface area contributed by atoms with E-state index in [1.165, 1.54) is 6.07 Å². The fourth-order valence-corrected chi connectivity index (χ4v) is 2.44. The molecule has 0 saturated carbocycles. The Hall–Kier alpha value is -1.17. The van der Waals surface area contributed by atoms with Crippen LogP contribution in [0.25, 0.3) is 0 Å². The van der Waals surface area contributed by atoms with Crippen LogP contribution in [0.3, 0.4) is 0 Å². The molecule has 0 aliphatic carbocycles. The van der Waals surface area contributed by atoms with Crippen LogP contribution in [-0.2, 0) is 6.61 Å². The summed E-state index contributed by atoms with van der Waals surface area (Å²) in [5.74, 6) is 0.0825. The fraction of sp³-hybridized carbons (Fsp3) is 0.154. The first-order chi connectivity index (χ1) is 9.38. The van der Waals surface area contributed by atoms with Crippen LogP contribution in [0.15, 0.2) is 27.1 Å². The lowest BCUT2D eigenvalue weighted by atomic mass is 10.2. The Morgan fingerprint density at radius 3 is 2.65 bits per heavy atom. The van der Waals surface area contributed by atoms with Gasteiger partial charge in [-0.1, -0.05) is 23.2 Å². The van der Waals surface area contributed by atoms with E-state index in [0.717, 1.165) is 0 Å². The molecular weight excluding hydrogens is 371 g/mol. The van der Waals surface area contributed by atoms with Crippen molar-refractivity contribution >= 4 is 45.1 Å². The van der Waals surface area contributed by atoms with E-state index < -0.39 is 5.97 Å². The maximum atomic E-state index is 10.9. The van der Waals surface area contributed by atoms with Gasteiger partial charge in [0.15, 0.2) is 0 Å². The molecule has 4 nitrogen and oxygen atoms in total. The Kier molecular flexibility index (Phi) is 4.62. The van der Waals surface area contributed by atoms with Gasteiger partial charge in [0.1, 0.15) is 29.4 Å². The molecule has 1 aromatic heterocycles. The highest BCUT2D eigenvalue weighted by Crippen LogP contribution is 2.34. The van der Waals surface area contributed by atoms with Crippen molar-refractivity contribution in [3.63, 3.8) is 0 Å². The molecule has 1 heterocycles. The number of carbonyl (C=O) groups is 1. The summed E-state index contributed by atoms with van der Waals surface area (Å²) in [7, 11) is 0. The monoisotopic (exact) mass is 378 g/mol. The maximum Gasteiger partial charge on any atom is 0.339 e. The number of aryl methyl sites for hydroxylation is 1. The Morgan fingerprint density at radius 1 is 1.35 bits per heavy atom. The van der Waals surface area contributed by atoms with Crippen LogP contribution >= 0.6 is 39.1 Å². The number of hydrogen-bond acceptors (Lipinski definition) is 3. The van der Waals surface area contributed by atoms with Gasteiger partial charge in [-0.15, -0.1) is 0 Å². The molecule has 1 aromatic carbocycles. The molecule has 0 fully saturated rings. The number of benzene rings is 1. The number of hydrogen-bond donors (Lipinski definition) is 1. The number of ether oxygens (including phenoxy) is 1. The van der Waals surface area contributed by atoms with Gasteiger partial charge in [-0.25, -0.2) is 4.79 Å². The summed E-state index contributed by atoms with van der Waals surface area (Å²) in [5, 5.41) is 9.79. The Balaban J connectivity index is 2.15. The lowest BCUT2D eigenvalue weighted by Gasteiger charge is -2.07. The summed E-state index contributed by atoms with van der Waals surface area (Å²) in [6, 6.07) is 4.61. The van der Waals surface area contributed by atoms with E-state index in [-0.39, 0.29) is 12.2 Å². The molecular formula is C13H9BrCl2O4. The molecule has 0 radical (unpaired) electrons. The molecule has 0 saturated heterocycles. The molecule has 0 amide bonds. The van der Waals surface area contributed by atoms with Crippen molar-refractivity contribution in [3.05, 3.63) is 49.8 Å². The summed E-state index contributed by atoms with van der Waals surface area (Å²) in [4.78, 5) is 10.9. The van der Waals surface area contributed by atoms with Crippen molar-refractivity contribution in [2.24, 2.45) is 0 Å². The standard InChI is InChI=1S/C13H9BrCl2O4/c1-6-8(13(17)18)2-7(20-6)5-19-12-4-10(15)9(14)3-11(12)16/h2-4H,5H2,1H3,(H,17,18). The van der Waals surface area contributed by atoms with Crippen LogP contribution in [0.1, 0.15) is 21.9 Å². The highest BCUT2D eigenvalue weighted by molar-refractivity contribution is 9.10. The van der Waals surface area contributed by atoms with Gasteiger partial charge in [0.2, 0.25) is 0 Å². The van der Waals surface area contributed by atoms with E-state index in [2.05, 4.69) is 15.9 Å². The normalized spacial score (nSPS) is 10.6. The van der Waals surface area contributed by atoms with Crippen molar-refractivity contribution in [1.82, 2.24) is 0 Å². The number of carboxylic acid groups (broad SMARTS) is 1. The van der Waals surface area contributed by atoms with E-state index >= 15 is 0 Å². The van der Waals surface area contributed by atoms with Gasteiger partial charge in [0.05, 0.1) is 10.0 Å². The minimum Gasteiger partial charge on any atom is -0.484 e. The third kappa shape index (κ3) is 3.29. The molecule has 1 N–H and O–H groups in total. The van der Waals surface area contributed by atoms with Gasteiger partial charge < -0.3 is 14.3 Å². The lowest BCUT2D eigenvalue weighted by molar-refractivity contribution is 0.0695. The van der Waals surface area contributed by atoms with Gasteiger partial charge in [0, 0.05) is 10.5 Å². The predicted molar refractivity (Wildman–Crippen MR) is 78.9 cm³/mol. The predicted octanol–water partition coefficient (Wildman–Crippen LogP) is 4.93. The molecule has 0 aliphatic heterocycles. The number of furan rings is 1. The average Bonchev–Trinajstić information content (AvgIpc) is 2.74. The molecule has 0 spiro atoms. The van der Waals surface area contributed by atoms with Crippen molar-refractivity contribution < 1.29 is 19.1 Å². The summed E-state index contributed by atoms with van der Waals surface area (Å²) in [6.07, 6.45) is 0. The van der Waals surface area contributed by atoms with Crippen LogP contribution in [0.5, 0.6) is 5.75 Å². The Bertz CT molecular complexity index is 667. The molecule has 7 heteroatoms. The maximum absolute atomic E-state index is 10.9. The van der Waals surface area contributed by atoms with Crippen LogP contribution < -0.4 is 4.74 Å². The zero-order valence-corrected chi connectivity index (χ0v) is 13.3. The third-order valence-corrected chi connectivity index (χ3v) is 4.04. The van der Waals surface area contributed by atoms with Crippen molar-refractivity contribution in [2.45, 2.75) is 13.5 Å². The second-order valence-corrected chi connectivity index (χ2v) is 5.64. The van der Waals surface area contributed by atoms with E-state index in [1.807, 2.05) is 0 Å². The second-order valence-electron chi connectivity index (χ2n) is 3.97. The summed E-state index contributed by atoms with van der Waals surface area (Å²) >= 11 is 15.2. The Labute approximate surface area is 133 Å². The largest absolute Gasteiger partial charge is 0.484 e. The van der Waals surface area contributed by atoms with E-state index in [0.29, 0.717) is 31.8 Å². The number of halogens is 3. The average molecular weight is 380 g/mol. The van der Waals surface area contributed by atoms with Gasteiger partial charge in [-0.3, -0.25) is 0 Å². The molecule has 20 heavy (non-hydrogen) atoms. The number of carboxylic acids is 1. The van der Waals surface area contributed by atoms with Crippen LogP contribution in [0.4, 0.5) is 0 Å². The Morgan fingerprint density at radius 2 is 2.05 bits per heavy atom. The zero-order chi connectivity index (χ0) is 14.9. The molecule has 106 valence electrons. The first-order valence-corrected chi connectivity index (χ1v) is 7.03. The van der Waals surface area contributed by atoms with Gasteiger partial charge in [0.25, 0.3) is 0 Å². The van der Waals surface area contributed by atoms with Crippen LogP contribution in [0, 0.1) is 6.92 Å². The molecule has 0 aliphatic rings. The van der Waals surface area contributed by atoms with Gasteiger partial charge in [-0.05, 0) is 35.0 Å². The lowest BCUT2D eigenvalue weighted by Crippen LogP contribution is -1.96. The number of aromatic carboxylic acids is 1. The topological polar surface area (TPSA) is 59.7 Å². The molecule has 0 unspecified atom stereocenters. The first kappa shape index (κ1) is 15.2. The highest BCUT2D eigenvalue weighted by Gasteiger charge is 2.14. The molecule has 0 atom stereocenters. The SMILES string of the molecule is Cc1oc(COc2cc(Cl)c(Br)cc2Cl)cc1C(=O)O. The van der Waals surface area contributed by atoms with Crippen LogP contribution in [0.2, 0.25) is 10.0 Å². The van der Waals surface area contributed by atoms with Gasteiger partial charge in [-0.2, -0.15) is 0 Å². The fourth-order valence-electron chi connectivity index (χ4n) is 1.59. The highest BCUT2D eigenvalue weighted by atomic mass is 79.9. The van der Waals surface area contributed by atoms with E-state index in [9.17, 15) is 4.79 Å². The minimum absolute atomic E-state index is 0.0613. The molecule has 2 rings (SSSR count). The summed E-state index contributed by atoms with van der Waals surface area (Å²) < 4.78 is 11.4.